The predicted molar refractivity (Wildman–Crippen MR) is 112 cm³/mol. The number of nitrogens with zero attached hydrogens (tertiary/aromatic N) is 1. The Morgan fingerprint density at radius 1 is 0.640 bits per heavy atom. The summed E-state index contributed by atoms with van der Waals surface area (Å²) in [6.45, 7) is 11.0. The molecule has 0 saturated carbocycles. The van der Waals surface area contributed by atoms with Gasteiger partial charge in [0.15, 0.2) is 0 Å². The van der Waals surface area contributed by atoms with E-state index in [0.29, 0.717) is 5.78 Å². The van der Waals surface area contributed by atoms with Crippen LogP contribution in [0.3, 0.4) is 0 Å². The van der Waals surface area contributed by atoms with Gasteiger partial charge in [-0.15, -0.1) is 0 Å². The van der Waals surface area contributed by atoms with Crippen molar-refractivity contribution >= 4 is 5.78 Å². The molecular weight excluding hydrogens is 306 g/mol. The van der Waals surface area contributed by atoms with Crippen molar-refractivity contribution in [2.24, 2.45) is 0 Å². The molecule has 0 bridgehead atoms. The van der Waals surface area contributed by atoms with Gasteiger partial charge in [-0.25, -0.2) is 0 Å². The monoisotopic (exact) mass is 353 g/mol. The maximum atomic E-state index is 12.6. The highest BCUT2D eigenvalue weighted by Gasteiger charge is 2.22. The zero-order chi connectivity index (χ0) is 18.8. The van der Waals surface area contributed by atoms with Crippen LogP contribution in [0.5, 0.6) is 0 Å². The Morgan fingerprint density at radius 2 is 1.08 bits per heavy atom. The third-order valence-electron chi connectivity index (χ3n) is 5.25. The Bertz CT molecular complexity index is 284. The van der Waals surface area contributed by atoms with Crippen molar-refractivity contribution < 1.29 is 4.79 Å². The molecule has 150 valence electrons. The first-order valence-corrected chi connectivity index (χ1v) is 11.5. The van der Waals surface area contributed by atoms with Gasteiger partial charge in [-0.05, 0) is 38.8 Å². The minimum absolute atomic E-state index is 0.169. The van der Waals surface area contributed by atoms with E-state index >= 15 is 0 Å². The second kappa shape index (κ2) is 18.4. The molecule has 0 fully saturated rings. The van der Waals surface area contributed by atoms with Gasteiger partial charge in [-0.2, -0.15) is 0 Å². The fourth-order valence-electron chi connectivity index (χ4n) is 3.82. The van der Waals surface area contributed by atoms with Crippen molar-refractivity contribution in [2.45, 2.75) is 130 Å². The molecule has 0 aliphatic rings. The number of carbonyl (C=O) groups excluding carboxylic acids is 1. The lowest BCUT2D eigenvalue weighted by Crippen LogP contribution is -2.41. The second-order valence-electron chi connectivity index (χ2n) is 7.71. The van der Waals surface area contributed by atoms with E-state index in [2.05, 4.69) is 32.6 Å². The molecule has 2 nitrogen and oxygen atoms in total. The van der Waals surface area contributed by atoms with Crippen LogP contribution >= 0.6 is 0 Å². The average molecular weight is 354 g/mol. The van der Waals surface area contributed by atoms with Gasteiger partial charge < -0.3 is 0 Å². The summed E-state index contributed by atoms with van der Waals surface area (Å²) in [4.78, 5) is 15.0. The van der Waals surface area contributed by atoms with Crippen LogP contribution in [0.1, 0.15) is 124 Å². The number of rotatable bonds is 19. The summed E-state index contributed by atoms with van der Waals surface area (Å²) in [7, 11) is 0. The maximum Gasteiger partial charge on any atom is 0.149 e. The van der Waals surface area contributed by atoms with Crippen molar-refractivity contribution in [3.63, 3.8) is 0 Å². The number of Topliss-reactive ketones (excluding diaryl/α,β-unsaturated/α-hetero) is 1. The first kappa shape index (κ1) is 24.6. The molecule has 25 heavy (non-hydrogen) atoms. The lowest BCUT2D eigenvalue weighted by Gasteiger charge is -2.29. The normalized spacial score (nSPS) is 12.7. The Labute approximate surface area is 159 Å². The van der Waals surface area contributed by atoms with Gasteiger partial charge in [0, 0.05) is 6.42 Å². The Morgan fingerprint density at radius 3 is 1.48 bits per heavy atom. The summed E-state index contributed by atoms with van der Waals surface area (Å²) in [5, 5.41) is 0. The Hall–Kier alpha value is -0.370. The molecule has 0 aromatic carbocycles. The summed E-state index contributed by atoms with van der Waals surface area (Å²) in [5.74, 6) is 0.486. The van der Waals surface area contributed by atoms with Crippen LogP contribution in [0, 0.1) is 0 Å². The lowest BCUT2D eigenvalue weighted by molar-refractivity contribution is -0.124. The van der Waals surface area contributed by atoms with Crippen molar-refractivity contribution in [1.29, 1.82) is 0 Å². The molecule has 0 heterocycles. The molecule has 0 spiro atoms. The topological polar surface area (TPSA) is 20.3 Å². The van der Waals surface area contributed by atoms with Gasteiger partial charge in [0.2, 0.25) is 0 Å². The van der Waals surface area contributed by atoms with E-state index < -0.39 is 0 Å². The van der Waals surface area contributed by atoms with Gasteiger partial charge in [-0.3, -0.25) is 9.69 Å². The van der Waals surface area contributed by atoms with Gasteiger partial charge >= 0.3 is 0 Å². The summed E-state index contributed by atoms with van der Waals surface area (Å²) in [5.41, 5.74) is 0. The molecular formula is C23H47NO. The summed E-state index contributed by atoms with van der Waals surface area (Å²) < 4.78 is 0. The van der Waals surface area contributed by atoms with Crippen LogP contribution in [0.2, 0.25) is 0 Å². The summed E-state index contributed by atoms with van der Waals surface area (Å²) >= 11 is 0. The van der Waals surface area contributed by atoms with E-state index in [1.807, 2.05) is 0 Å². The third-order valence-corrected chi connectivity index (χ3v) is 5.25. The van der Waals surface area contributed by atoms with Gasteiger partial charge in [0.25, 0.3) is 0 Å². The van der Waals surface area contributed by atoms with Gasteiger partial charge in [-0.1, -0.05) is 91.9 Å². The molecule has 1 unspecified atom stereocenters. The molecule has 0 radical (unpaired) electrons. The van der Waals surface area contributed by atoms with Crippen molar-refractivity contribution in [3.8, 4) is 0 Å². The van der Waals surface area contributed by atoms with Crippen molar-refractivity contribution in [1.82, 2.24) is 4.90 Å². The zero-order valence-corrected chi connectivity index (χ0v) is 18.0. The molecule has 0 N–H and O–H groups in total. The zero-order valence-electron chi connectivity index (χ0n) is 18.0. The minimum Gasteiger partial charge on any atom is -0.298 e. The maximum absolute atomic E-state index is 12.6. The van der Waals surface area contributed by atoms with E-state index in [9.17, 15) is 4.79 Å². The third kappa shape index (κ3) is 13.5. The Balaban J connectivity index is 3.72. The molecule has 0 aliphatic heterocycles. The summed E-state index contributed by atoms with van der Waals surface area (Å²) in [6.07, 6.45) is 18.8. The van der Waals surface area contributed by atoms with Crippen LogP contribution in [0.15, 0.2) is 0 Å². The van der Waals surface area contributed by atoms with Crippen LogP contribution in [0.4, 0.5) is 0 Å². The average Bonchev–Trinajstić information content (AvgIpc) is 2.60. The molecule has 0 amide bonds. The minimum atomic E-state index is 0.169. The van der Waals surface area contributed by atoms with Gasteiger partial charge in [0.05, 0.1) is 6.04 Å². The SMILES string of the molecule is CCCCCCCCCCCCCC(=O)C(CC)N(CCC)CCC. The van der Waals surface area contributed by atoms with E-state index in [-0.39, 0.29) is 6.04 Å². The highest BCUT2D eigenvalue weighted by molar-refractivity contribution is 5.83. The number of ketones is 1. The predicted octanol–water partition coefficient (Wildman–Crippen LogP) is 7.16. The quantitative estimate of drug-likeness (QED) is 0.230. The fourth-order valence-corrected chi connectivity index (χ4v) is 3.82. The second-order valence-corrected chi connectivity index (χ2v) is 7.71. The molecule has 2 heteroatoms. The number of unbranched alkanes of at least 4 members (excludes halogenated alkanes) is 10. The molecule has 0 aromatic heterocycles. The van der Waals surface area contributed by atoms with Crippen LogP contribution < -0.4 is 0 Å². The number of carbonyl (C=O) groups is 1. The highest BCUT2D eigenvalue weighted by atomic mass is 16.1. The first-order chi connectivity index (χ1) is 12.2. The largest absolute Gasteiger partial charge is 0.298 e. The Kier molecular flexibility index (Phi) is 18.1. The van der Waals surface area contributed by atoms with E-state index in [1.54, 1.807) is 0 Å². The van der Waals surface area contributed by atoms with Crippen LogP contribution in [-0.2, 0) is 4.79 Å². The van der Waals surface area contributed by atoms with Crippen LogP contribution in [-0.4, -0.2) is 29.8 Å². The smallest absolute Gasteiger partial charge is 0.149 e. The van der Waals surface area contributed by atoms with Gasteiger partial charge in [0.1, 0.15) is 5.78 Å². The molecule has 0 saturated heterocycles. The molecule has 0 aromatic rings. The molecule has 0 rings (SSSR count). The number of hydrogen-bond acceptors (Lipinski definition) is 2. The van der Waals surface area contributed by atoms with Crippen LogP contribution in [0.25, 0.3) is 0 Å². The van der Waals surface area contributed by atoms with Crippen molar-refractivity contribution in [3.05, 3.63) is 0 Å². The fraction of sp³-hybridized carbons (Fsp3) is 0.957. The van der Waals surface area contributed by atoms with Crippen molar-refractivity contribution in [2.75, 3.05) is 13.1 Å². The lowest BCUT2D eigenvalue weighted by atomic mass is 10.00. The standard InChI is InChI=1S/C23H47NO/c1-5-9-10-11-12-13-14-15-16-17-18-19-23(25)22(8-4)24(20-6-2)21-7-3/h22H,5-21H2,1-4H3. The first-order valence-electron chi connectivity index (χ1n) is 11.5. The molecule has 1 atom stereocenters. The highest BCUT2D eigenvalue weighted by Crippen LogP contribution is 2.15. The summed E-state index contributed by atoms with van der Waals surface area (Å²) in [6, 6.07) is 0.169. The number of hydrogen-bond donors (Lipinski definition) is 0. The van der Waals surface area contributed by atoms with E-state index in [0.717, 1.165) is 45.2 Å². The molecule has 0 aliphatic carbocycles. The van der Waals surface area contributed by atoms with E-state index in [4.69, 9.17) is 0 Å². The van der Waals surface area contributed by atoms with E-state index in [1.165, 1.54) is 64.2 Å².